The number of hydrogen-bond acceptors (Lipinski definition) is 4. The number of anilines is 1. The Morgan fingerprint density at radius 1 is 1.53 bits per heavy atom. The standard InChI is InChI=1S/C12H15N3O2/c13-8-2-1-5-14-11(8)12(16)15-9-6-7-3-4-10(9)17-7/h1-2,5,7,9-10H,3-4,6,13H2,(H,15,16). The van der Waals surface area contributed by atoms with Gasteiger partial charge in [0.25, 0.3) is 5.91 Å². The van der Waals surface area contributed by atoms with E-state index in [4.69, 9.17) is 10.5 Å². The molecule has 17 heavy (non-hydrogen) atoms. The second-order valence-corrected chi connectivity index (χ2v) is 4.63. The van der Waals surface area contributed by atoms with Crippen molar-refractivity contribution in [1.29, 1.82) is 0 Å². The van der Waals surface area contributed by atoms with Gasteiger partial charge in [-0.3, -0.25) is 4.79 Å². The maximum absolute atomic E-state index is 12.0. The van der Waals surface area contributed by atoms with E-state index in [0.717, 1.165) is 19.3 Å². The minimum Gasteiger partial charge on any atom is -0.397 e. The Morgan fingerprint density at radius 2 is 2.41 bits per heavy atom. The number of rotatable bonds is 2. The lowest BCUT2D eigenvalue weighted by Gasteiger charge is -2.19. The summed E-state index contributed by atoms with van der Waals surface area (Å²) in [6, 6.07) is 3.51. The molecule has 3 heterocycles. The highest BCUT2D eigenvalue weighted by Crippen LogP contribution is 2.34. The summed E-state index contributed by atoms with van der Waals surface area (Å²) >= 11 is 0. The summed E-state index contributed by atoms with van der Waals surface area (Å²) in [6.07, 6.45) is 5.13. The van der Waals surface area contributed by atoms with E-state index < -0.39 is 0 Å². The molecule has 3 rings (SSSR count). The lowest BCUT2D eigenvalue weighted by Crippen LogP contribution is -2.41. The highest BCUT2D eigenvalue weighted by Gasteiger charge is 2.41. The van der Waals surface area contributed by atoms with Crippen molar-refractivity contribution in [3.63, 3.8) is 0 Å². The van der Waals surface area contributed by atoms with Crippen LogP contribution in [0.1, 0.15) is 29.8 Å². The van der Waals surface area contributed by atoms with Gasteiger partial charge in [-0.1, -0.05) is 0 Å². The molecule has 2 aliphatic rings. The first-order chi connectivity index (χ1) is 8.24. The molecule has 3 unspecified atom stereocenters. The van der Waals surface area contributed by atoms with Gasteiger partial charge in [-0.2, -0.15) is 0 Å². The first-order valence-electron chi connectivity index (χ1n) is 5.91. The molecule has 2 saturated heterocycles. The molecule has 90 valence electrons. The van der Waals surface area contributed by atoms with E-state index in [2.05, 4.69) is 10.3 Å². The van der Waals surface area contributed by atoms with Crippen molar-refractivity contribution in [2.75, 3.05) is 5.73 Å². The van der Waals surface area contributed by atoms with E-state index in [-0.39, 0.29) is 18.1 Å². The predicted molar refractivity (Wildman–Crippen MR) is 62.4 cm³/mol. The number of ether oxygens (including phenoxy) is 1. The Hall–Kier alpha value is -1.62. The Balaban J connectivity index is 1.70. The van der Waals surface area contributed by atoms with Crippen LogP contribution < -0.4 is 11.1 Å². The molecule has 1 aromatic heterocycles. The van der Waals surface area contributed by atoms with Crippen LogP contribution in [0.2, 0.25) is 0 Å². The lowest BCUT2D eigenvalue weighted by molar-refractivity contribution is 0.0838. The molecule has 3 atom stereocenters. The molecule has 0 saturated carbocycles. The second kappa shape index (κ2) is 4.00. The Labute approximate surface area is 99.4 Å². The molecule has 2 aliphatic heterocycles. The molecule has 3 N–H and O–H groups in total. The molecule has 5 heteroatoms. The van der Waals surface area contributed by atoms with Gasteiger partial charge in [-0.05, 0) is 31.4 Å². The quantitative estimate of drug-likeness (QED) is 0.788. The highest BCUT2D eigenvalue weighted by atomic mass is 16.5. The topological polar surface area (TPSA) is 77.2 Å². The van der Waals surface area contributed by atoms with Crippen LogP contribution in [-0.2, 0) is 4.74 Å². The smallest absolute Gasteiger partial charge is 0.272 e. The van der Waals surface area contributed by atoms with Crippen LogP contribution in [0, 0.1) is 0 Å². The van der Waals surface area contributed by atoms with Gasteiger partial charge in [-0.25, -0.2) is 4.98 Å². The molecule has 0 spiro atoms. The number of carbonyl (C=O) groups excluding carboxylic acids is 1. The Bertz CT molecular complexity index is 449. The van der Waals surface area contributed by atoms with Crippen molar-refractivity contribution >= 4 is 11.6 Å². The Kier molecular flexibility index (Phi) is 2.48. The number of amides is 1. The van der Waals surface area contributed by atoms with Crippen molar-refractivity contribution in [3.8, 4) is 0 Å². The minimum absolute atomic E-state index is 0.114. The molecule has 1 amide bonds. The zero-order valence-corrected chi connectivity index (χ0v) is 9.43. The van der Waals surface area contributed by atoms with Crippen LogP contribution in [0.4, 0.5) is 5.69 Å². The third-order valence-electron chi connectivity index (χ3n) is 3.48. The number of fused-ring (bicyclic) bond motifs is 2. The van der Waals surface area contributed by atoms with Gasteiger partial charge >= 0.3 is 0 Å². The van der Waals surface area contributed by atoms with Crippen LogP contribution in [0.25, 0.3) is 0 Å². The third kappa shape index (κ3) is 1.86. The Morgan fingerprint density at radius 3 is 3.06 bits per heavy atom. The number of nitrogen functional groups attached to an aromatic ring is 1. The third-order valence-corrected chi connectivity index (χ3v) is 3.48. The molecule has 1 aromatic rings. The van der Waals surface area contributed by atoms with Crippen molar-refractivity contribution in [2.45, 2.75) is 37.5 Å². The molecule has 0 aromatic carbocycles. The fraction of sp³-hybridized carbons (Fsp3) is 0.500. The average Bonchev–Trinajstić information content (AvgIpc) is 2.91. The largest absolute Gasteiger partial charge is 0.397 e. The van der Waals surface area contributed by atoms with Gasteiger partial charge in [-0.15, -0.1) is 0 Å². The van der Waals surface area contributed by atoms with Crippen molar-refractivity contribution in [1.82, 2.24) is 10.3 Å². The SMILES string of the molecule is Nc1cccnc1C(=O)NC1CC2CCC1O2. The van der Waals surface area contributed by atoms with E-state index in [9.17, 15) is 4.79 Å². The monoisotopic (exact) mass is 233 g/mol. The zero-order valence-electron chi connectivity index (χ0n) is 9.43. The van der Waals surface area contributed by atoms with Crippen molar-refractivity contribution < 1.29 is 9.53 Å². The van der Waals surface area contributed by atoms with E-state index in [1.807, 2.05) is 0 Å². The van der Waals surface area contributed by atoms with Gasteiger partial charge < -0.3 is 15.8 Å². The molecular weight excluding hydrogens is 218 g/mol. The summed E-state index contributed by atoms with van der Waals surface area (Å²) < 4.78 is 5.69. The van der Waals surface area contributed by atoms with Gasteiger partial charge in [0.2, 0.25) is 0 Å². The van der Waals surface area contributed by atoms with Crippen molar-refractivity contribution in [2.24, 2.45) is 0 Å². The number of aromatic nitrogens is 1. The fourth-order valence-corrected chi connectivity index (χ4v) is 2.63. The highest BCUT2D eigenvalue weighted by molar-refractivity contribution is 5.97. The van der Waals surface area contributed by atoms with E-state index >= 15 is 0 Å². The average molecular weight is 233 g/mol. The molecular formula is C12H15N3O2. The summed E-state index contributed by atoms with van der Waals surface area (Å²) in [5.41, 5.74) is 6.43. The number of nitrogens with two attached hydrogens (primary N) is 1. The number of pyridine rings is 1. The number of hydrogen-bond donors (Lipinski definition) is 2. The number of nitrogens with zero attached hydrogens (tertiary/aromatic N) is 1. The van der Waals surface area contributed by atoms with Gasteiger partial charge in [0.05, 0.1) is 23.9 Å². The summed E-state index contributed by atoms with van der Waals surface area (Å²) in [6.45, 7) is 0. The summed E-state index contributed by atoms with van der Waals surface area (Å²) in [7, 11) is 0. The fourth-order valence-electron chi connectivity index (χ4n) is 2.63. The van der Waals surface area contributed by atoms with Crippen molar-refractivity contribution in [3.05, 3.63) is 24.0 Å². The van der Waals surface area contributed by atoms with Crippen LogP contribution in [0.15, 0.2) is 18.3 Å². The van der Waals surface area contributed by atoms with E-state index in [0.29, 0.717) is 17.5 Å². The van der Waals surface area contributed by atoms with Crippen LogP contribution in [0.5, 0.6) is 0 Å². The first-order valence-corrected chi connectivity index (χ1v) is 5.91. The molecule has 5 nitrogen and oxygen atoms in total. The normalized spacial score (nSPS) is 30.5. The van der Waals surface area contributed by atoms with Gasteiger partial charge in [0, 0.05) is 6.20 Å². The van der Waals surface area contributed by atoms with E-state index in [1.54, 1.807) is 18.3 Å². The van der Waals surface area contributed by atoms with Crippen LogP contribution >= 0.6 is 0 Å². The van der Waals surface area contributed by atoms with Crippen LogP contribution in [-0.4, -0.2) is 29.1 Å². The lowest BCUT2D eigenvalue weighted by atomic mass is 9.95. The molecule has 0 radical (unpaired) electrons. The maximum Gasteiger partial charge on any atom is 0.272 e. The van der Waals surface area contributed by atoms with Crippen LogP contribution in [0.3, 0.4) is 0 Å². The summed E-state index contributed by atoms with van der Waals surface area (Å²) in [4.78, 5) is 16.0. The minimum atomic E-state index is -0.204. The van der Waals surface area contributed by atoms with Gasteiger partial charge in [0.1, 0.15) is 0 Å². The number of nitrogens with one attached hydrogen (secondary N) is 1. The summed E-state index contributed by atoms with van der Waals surface area (Å²) in [5.74, 6) is -0.204. The first kappa shape index (κ1) is 10.5. The molecule has 2 bridgehead atoms. The van der Waals surface area contributed by atoms with E-state index in [1.165, 1.54) is 0 Å². The molecule has 2 fully saturated rings. The number of carbonyl (C=O) groups is 1. The zero-order chi connectivity index (χ0) is 11.8. The maximum atomic E-state index is 12.0. The molecule has 0 aliphatic carbocycles. The van der Waals surface area contributed by atoms with Gasteiger partial charge in [0.15, 0.2) is 5.69 Å². The predicted octanol–water partition coefficient (Wildman–Crippen LogP) is 0.713. The summed E-state index contributed by atoms with van der Waals surface area (Å²) in [5, 5.41) is 2.96. The second-order valence-electron chi connectivity index (χ2n) is 4.63.